The predicted octanol–water partition coefficient (Wildman–Crippen LogP) is 1.84. The molecule has 2 aliphatic heterocycles. The summed E-state index contributed by atoms with van der Waals surface area (Å²) in [6.07, 6.45) is 7.86. The molecule has 0 aromatic rings. The third-order valence-electron chi connectivity index (χ3n) is 5.11. The van der Waals surface area contributed by atoms with Crippen LogP contribution in [-0.4, -0.2) is 54.5 Å². The van der Waals surface area contributed by atoms with Crippen LogP contribution < -0.4 is 5.73 Å². The number of carbonyl (C=O) groups is 1. The van der Waals surface area contributed by atoms with E-state index in [9.17, 15) is 4.79 Å². The Morgan fingerprint density at radius 2 is 2.10 bits per heavy atom. The highest BCUT2D eigenvalue weighted by atomic mass is 16.2. The van der Waals surface area contributed by atoms with Gasteiger partial charge in [-0.15, -0.1) is 0 Å². The maximum Gasteiger partial charge on any atom is 0.222 e. The molecule has 4 heteroatoms. The summed E-state index contributed by atoms with van der Waals surface area (Å²) in [5.41, 5.74) is 5.63. The summed E-state index contributed by atoms with van der Waals surface area (Å²) in [5.74, 6) is 0.991. The standard InChI is InChI=1S/C16H31N3O/c1-2-14(8-9-17)6-7-16(20)19-12-11-18-10-4-3-5-15(18)13-19/h14-15H,2-13,17H2,1H3. The fourth-order valence-corrected chi connectivity index (χ4v) is 3.66. The largest absolute Gasteiger partial charge is 0.340 e. The number of amides is 1. The molecule has 2 atom stereocenters. The summed E-state index contributed by atoms with van der Waals surface area (Å²) >= 11 is 0. The van der Waals surface area contributed by atoms with E-state index in [1.54, 1.807) is 0 Å². The Kier molecular flexibility index (Phi) is 6.30. The lowest BCUT2D eigenvalue weighted by atomic mass is 9.95. The van der Waals surface area contributed by atoms with E-state index in [1.807, 2.05) is 0 Å². The van der Waals surface area contributed by atoms with Crippen molar-refractivity contribution >= 4 is 5.91 Å². The molecule has 4 nitrogen and oxygen atoms in total. The van der Waals surface area contributed by atoms with Crippen LogP contribution in [0.3, 0.4) is 0 Å². The van der Waals surface area contributed by atoms with E-state index in [2.05, 4.69) is 16.7 Å². The van der Waals surface area contributed by atoms with Crippen molar-refractivity contribution in [3.8, 4) is 0 Å². The van der Waals surface area contributed by atoms with Crippen LogP contribution >= 0.6 is 0 Å². The second-order valence-electron chi connectivity index (χ2n) is 6.42. The lowest BCUT2D eigenvalue weighted by Gasteiger charge is -2.44. The Bertz CT molecular complexity index is 308. The molecule has 0 saturated carbocycles. The van der Waals surface area contributed by atoms with Crippen LogP contribution in [0.1, 0.15) is 51.9 Å². The first-order valence-electron chi connectivity index (χ1n) is 8.46. The quantitative estimate of drug-likeness (QED) is 0.808. The maximum atomic E-state index is 12.4. The SMILES string of the molecule is CCC(CCN)CCC(=O)N1CCN2CCCCC2C1. The van der Waals surface area contributed by atoms with Crippen LogP contribution in [0.5, 0.6) is 0 Å². The van der Waals surface area contributed by atoms with Gasteiger partial charge in [0, 0.05) is 32.1 Å². The number of hydrogen-bond acceptors (Lipinski definition) is 3. The van der Waals surface area contributed by atoms with Crippen LogP contribution in [0.15, 0.2) is 0 Å². The molecule has 2 saturated heterocycles. The third kappa shape index (κ3) is 4.19. The number of fused-ring (bicyclic) bond motifs is 1. The van der Waals surface area contributed by atoms with Gasteiger partial charge in [-0.05, 0) is 44.7 Å². The van der Waals surface area contributed by atoms with E-state index in [4.69, 9.17) is 5.73 Å². The van der Waals surface area contributed by atoms with E-state index in [0.29, 0.717) is 24.3 Å². The summed E-state index contributed by atoms with van der Waals surface area (Å²) < 4.78 is 0. The van der Waals surface area contributed by atoms with Gasteiger partial charge in [-0.2, -0.15) is 0 Å². The van der Waals surface area contributed by atoms with Gasteiger partial charge in [-0.3, -0.25) is 9.69 Å². The lowest BCUT2D eigenvalue weighted by Crippen LogP contribution is -2.56. The van der Waals surface area contributed by atoms with Gasteiger partial charge in [0.1, 0.15) is 0 Å². The first kappa shape index (κ1) is 15.8. The first-order chi connectivity index (χ1) is 9.74. The molecule has 2 rings (SSSR count). The smallest absolute Gasteiger partial charge is 0.222 e. The second-order valence-corrected chi connectivity index (χ2v) is 6.42. The number of carbonyl (C=O) groups excluding carboxylic acids is 1. The molecule has 0 bridgehead atoms. The molecule has 2 aliphatic rings. The third-order valence-corrected chi connectivity index (χ3v) is 5.11. The predicted molar refractivity (Wildman–Crippen MR) is 82.5 cm³/mol. The molecule has 1 amide bonds. The zero-order valence-corrected chi connectivity index (χ0v) is 13.0. The minimum absolute atomic E-state index is 0.366. The highest BCUT2D eigenvalue weighted by Crippen LogP contribution is 2.22. The number of hydrogen-bond donors (Lipinski definition) is 1. The first-order valence-corrected chi connectivity index (χ1v) is 8.46. The molecule has 2 unspecified atom stereocenters. The molecule has 0 aromatic carbocycles. The summed E-state index contributed by atoms with van der Waals surface area (Å²) in [6, 6.07) is 0.632. The van der Waals surface area contributed by atoms with E-state index in [0.717, 1.165) is 45.4 Å². The Morgan fingerprint density at radius 1 is 1.25 bits per heavy atom. The van der Waals surface area contributed by atoms with Crippen LogP contribution in [0.2, 0.25) is 0 Å². The molecule has 0 aromatic heterocycles. The van der Waals surface area contributed by atoms with Gasteiger partial charge in [0.25, 0.3) is 0 Å². The van der Waals surface area contributed by atoms with E-state index in [1.165, 1.54) is 25.8 Å². The van der Waals surface area contributed by atoms with Crippen molar-refractivity contribution < 1.29 is 4.79 Å². The van der Waals surface area contributed by atoms with Crippen molar-refractivity contribution in [2.24, 2.45) is 11.7 Å². The molecule has 0 radical (unpaired) electrons. The molecule has 0 spiro atoms. The highest BCUT2D eigenvalue weighted by Gasteiger charge is 2.30. The minimum atomic E-state index is 0.366. The monoisotopic (exact) mass is 281 g/mol. The second kappa shape index (κ2) is 7.99. The van der Waals surface area contributed by atoms with Crippen LogP contribution in [0.25, 0.3) is 0 Å². The van der Waals surface area contributed by atoms with E-state index >= 15 is 0 Å². The highest BCUT2D eigenvalue weighted by molar-refractivity contribution is 5.76. The topological polar surface area (TPSA) is 49.6 Å². The average Bonchev–Trinajstić information content (AvgIpc) is 2.50. The van der Waals surface area contributed by atoms with Crippen molar-refractivity contribution in [1.82, 2.24) is 9.80 Å². The molecular weight excluding hydrogens is 250 g/mol. The normalized spacial score (nSPS) is 25.3. The lowest BCUT2D eigenvalue weighted by molar-refractivity contribution is -0.135. The Morgan fingerprint density at radius 3 is 2.85 bits per heavy atom. The van der Waals surface area contributed by atoms with Gasteiger partial charge in [0.15, 0.2) is 0 Å². The molecule has 20 heavy (non-hydrogen) atoms. The van der Waals surface area contributed by atoms with E-state index in [-0.39, 0.29) is 0 Å². The van der Waals surface area contributed by atoms with Crippen molar-refractivity contribution in [1.29, 1.82) is 0 Å². The van der Waals surface area contributed by atoms with E-state index < -0.39 is 0 Å². The average molecular weight is 281 g/mol. The molecule has 2 heterocycles. The van der Waals surface area contributed by atoms with Crippen molar-refractivity contribution in [3.05, 3.63) is 0 Å². The Balaban J connectivity index is 1.75. The summed E-state index contributed by atoms with van der Waals surface area (Å²) in [4.78, 5) is 17.1. The number of nitrogens with two attached hydrogens (primary N) is 1. The number of piperazine rings is 1. The van der Waals surface area contributed by atoms with Gasteiger partial charge >= 0.3 is 0 Å². The van der Waals surface area contributed by atoms with Gasteiger partial charge in [0.05, 0.1) is 0 Å². The molecule has 0 aliphatic carbocycles. The number of rotatable bonds is 6. The Hall–Kier alpha value is -0.610. The minimum Gasteiger partial charge on any atom is -0.340 e. The maximum absolute atomic E-state index is 12.4. The zero-order chi connectivity index (χ0) is 14.4. The summed E-state index contributed by atoms with van der Waals surface area (Å²) in [7, 11) is 0. The fourth-order valence-electron chi connectivity index (χ4n) is 3.66. The molecule has 116 valence electrons. The van der Waals surface area contributed by atoms with Gasteiger partial charge in [0.2, 0.25) is 5.91 Å². The van der Waals surface area contributed by atoms with Gasteiger partial charge in [-0.1, -0.05) is 19.8 Å². The molecule has 2 fully saturated rings. The van der Waals surface area contributed by atoms with Crippen LogP contribution in [0.4, 0.5) is 0 Å². The molecule has 2 N–H and O–H groups in total. The summed E-state index contributed by atoms with van der Waals surface area (Å²) in [6.45, 7) is 7.16. The number of nitrogens with zero attached hydrogens (tertiary/aromatic N) is 2. The van der Waals surface area contributed by atoms with Crippen LogP contribution in [-0.2, 0) is 4.79 Å². The van der Waals surface area contributed by atoms with Gasteiger partial charge < -0.3 is 10.6 Å². The molecular formula is C16H31N3O. The van der Waals surface area contributed by atoms with Crippen molar-refractivity contribution in [2.75, 3.05) is 32.7 Å². The van der Waals surface area contributed by atoms with Crippen LogP contribution in [0, 0.1) is 5.92 Å². The zero-order valence-electron chi connectivity index (χ0n) is 13.0. The van der Waals surface area contributed by atoms with Crippen molar-refractivity contribution in [2.45, 2.75) is 57.9 Å². The summed E-state index contributed by atoms with van der Waals surface area (Å²) in [5, 5.41) is 0. The van der Waals surface area contributed by atoms with Gasteiger partial charge in [-0.25, -0.2) is 0 Å². The van der Waals surface area contributed by atoms with Crippen molar-refractivity contribution in [3.63, 3.8) is 0 Å². The Labute approximate surface area is 123 Å². The fraction of sp³-hybridized carbons (Fsp3) is 0.938. The number of piperidine rings is 1.